The number of benzene rings is 2. The van der Waals surface area contributed by atoms with Crippen molar-refractivity contribution in [3.63, 3.8) is 0 Å². The maximum absolute atomic E-state index is 12.6. The molecule has 0 aromatic heterocycles. The van der Waals surface area contributed by atoms with Crippen LogP contribution in [0.25, 0.3) is 0 Å². The SMILES string of the molecule is CCCN(CCC)C(=O)CNc1ccc(C(=O)N(C)c2ccccc2)cc1. The first-order valence-electron chi connectivity index (χ1n) is 9.51. The van der Waals surface area contributed by atoms with Gasteiger partial charge in [-0.1, -0.05) is 32.0 Å². The molecule has 0 radical (unpaired) electrons. The number of carbonyl (C=O) groups excluding carboxylic acids is 2. The van der Waals surface area contributed by atoms with Crippen molar-refractivity contribution in [3.05, 3.63) is 60.2 Å². The Labute approximate surface area is 162 Å². The molecule has 0 aliphatic heterocycles. The second-order valence-corrected chi connectivity index (χ2v) is 6.51. The van der Waals surface area contributed by atoms with E-state index in [1.807, 2.05) is 47.4 Å². The molecule has 0 aliphatic rings. The number of para-hydroxylation sites is 1. The van der Waals surface area contributed by atoms with E-state index < -0.39 is 0 Å². The van der Waals surface area contributed by atoms with Gasteiger partial charge < -0.3 is 15.1 Å². The van der Waals surface area contributed by atoms with E-state index in [0.717, 1.165) is 37.3 Å². The second-order valence-electron chi connectivity index (χ2n) is 6.51. The molecule has 1 N–H and O–H groups in total. The normalized spacial score (nSPS) is 10.3. The second kappa shape index (κ2) is 10.4. The van der Waals surface area contributed by atoms with Gasteiger partial charge in [-0.05, 0) is 49.2 Å². The maximum atomic E-state index is 12.6. The summed E-state index contributed by atoms with van der Waals surface area (Å²) in [4.78, 5) is 28.4. The maximum Gasteiger partial charge on any atom is 0.258 e. The molecule has 2 amide bonds. The van der Waals surface area contributed by atoms with Crippen LogP contribution in [0.3, 0.4) is 0 Å². The number of nitrogens with one attached hydrogen (secondary N) is 1. The fourth-order valence-electron chi connectivity index (χ4n) is 2.88. The molecule has 2 aromatic rings. The minimum Gasteiger partial charge on any atom is -0.376 e. The van der Waals surface area contributed by atoms with E-state index in [1.54, 1.807) is 24.1 Å². The molecule has 0 fully saturated rings. The van der Waals surface area contributed by atoms with E-state index in [-0.39, 0.29) is 18.4 Å². The highest BCUT2D eigenvalue weighted by atomic mass is 16.2. The number of nitrogens with zero attached hydrogens (tertiary/aromatic N) is 2. The van der Waals surface area contributed by atoms with Crippen LogP contribution in [0.1, 0.15) is 37.0 Å². The van der Waals surface area contributed by atoms with Crippen LogP contribution < -0.4 is 10.2 Å². The molecule has 144 valence electrons. The molecule has 2 rings (SSSR count). The van der Waals surface area contributed by atoms with Gasteiger partial charge in [0.15, 0.2) is 0 Å². The summed E-state index contributed by atoms with van der Waals surface area (Å²) in [5.74, 6) is 0.0311. The standard InChI is InChI=1S/C22H29N3O2/c1-4-15-25(16-5-2)21(26)17-23-19-13-11-18(12-14-19)22(27)24(3)20-9-7-6-8-10-20/h6-14,23H,4-5,15-17H2,1-3H3. The molecule has 0 saturated heterocycles. The summed E-state index contributed by atoms with van der Waals surface area (Å²) in [7, 11) is 1.76. The topological polar surface area (TPSA) is 52.7 Å². The number of rotatable bonds is 9. The summed E-state index contributed by atoms with van der Waals surface area (Å²) < 4.78 is 0. The molecule has 0 aliphatic carbocycles. The first-order valence-corrected chi connectivity index (χ1v) is 9.51. The van der Waals surface area contributed by atoms with E-state index in [0.29, 0.717) is 5.56 Å². The average molecular weight is 367 g/mol. The van der Waals surface area contributed by atoms with E-state index in [2.05, 4.69) is 19.2 Å². The third-order valence-electron chi connectivity index (χ3n) is 4.36. The number of hydrogen-bond acceptors (Lipinski definition) is 3. The van der Waals surface area contributed by atoms with Gasteiger partial charge in [-0.15, -0.1) is 0 Å². The summed E-state index contributed by atoms with van der Waals surface area (Å²) >= 11 is 0. The first kappa shape index (κ1) is 20.5. The molecule has 27 heavy (non-hydrogen) atoms. The zero-order chi connectivity index (χ0) is 19.6. The van der Waals surface area contributed by atoms with Crippen LogP contribution >= 0.6 is 0 Å². The zero-order valence-corrected chi connectivity index (χ0v) is 16.4. The molecule has 5 heteroatoms. The molecular formula is C22H29N3O2. The van der Waals surface area contributed by atoms with E-state index in [4.69, 9.17) is 0 Å². The van der Waals surface area contributed by atoms with Crippen molar-refractivity contribution in [1.82, 2.24) is 4.90 Å². The molecule has 0 bridgehead atoms. The summed E-state index contributed by atoms with van der Waals surface area (Å²) in [5.41, 5.74) is 2.29. The van der Waals surface area contributed by atoms with Crippen LogP contribution in [-0.4, -0.2) is 43.4 Å². The minimum atomic E-state index is -0.0686. The molecule has 0 atom stereocenters. The van der Waals surface area contributed by atoms with Gasteiger partial charge in [0.25, 0.3) is 5.91 Å². The van der Waals surface area contributed by atoms with Crippen molar-refractivity contribution < 1.29 is 9.59 Å². The molecule has 5 nitrogen and oxygen atoms in total. The Morgan fingerprint density at radius 1 is 0.889 bits per heavy atom. The first-order chi connectivity index (χ1) is 13.1. The van der Waals surface area contributed by atoms with Crippen LogP contribution in [-0.2, 0) is 4.79 Å². The molecule has 2 aromatic carbocycles. The predicted octanol–water partition coefficient (Wildman–Crippen LogP) is 4.02. The summed E-state index contributed by atoms with van der Waals surface area (Å²) in [6.45, 7) is 5.98. The number of hydrogen-bond donors (Lipinski definition) is 1. The van der Waals surface area contributed by atoms with Crippen LogP contribution in [0.15, 0.2) is 54.6 Å². The quantitative estimate of drug-likeness (QED) is 0.728. The Kier molecular flexibility index (Phi) is 7.86. The van der Waals surface area contributed by atoms with Crippen molar-refractivity contribution in [2.45, 2.75) is 26.7 Å². The number of anilines is 2. The van der Waals surface area contributed by atoms with Gasteiger partial charge in [-0.3, -0.25) is 9.59 Å². The molecule has 0 spiro atoms. The zero-order valence-electron chi connectivity index (χ0n) is 16.4. The lowest BCUT2D eigenvalue weighted by Gasteiger charge is -2.22. The monoisotopic (exact) mass is 367 g/mol. The fraction of sp³-hybridized carbons (Fsp3) is 0.364. The molecule has 0 saturated carbocycles. The molecule has 0 unspecified atom stereocenters. The Morgan fingerprint density at radius 3 is 2.04 bits per heavy atom. The Morgan fingerprint density at radius 2 is 1.48 bits per heavy atom. The van der Waals surface area contributed by atoms with Crippen LogP contribution in [0.2, 0.25) is 0 Å². The third-order valence-corrected chi connectivity index (χ3v) is 4.36. The van der Waals surface area contributed by atoms with Crippen molar-refractivity contribution in [3.8, 4) is 0 Å². The Balaban J connectivity index is 1.94. The van der Waals surface area contributed by atoms with E-state index in [9.17, 15) is 9.59 Å². The van der Waals surface area contributed by atoms with Crippen molar-refractivity contribution >= 4 is 23.2 Å². The fourth-order valence-corrected chi connectivity index (χ4v) is 2.88. The summed E-state index contributed by atoms with van der Waals surface area (Å²) in [6, 6.07) is 16.8. The van der Waals surface area contributed by atoms with Crippen molar-refractivity contribution in [2.75, 3.05) is 36.9 Å². The lowest BCUT2D eigenvalue weighted by Crippen LogP contribution is -2.36. The largest absolute Gasteiger partial charge is 0.376 e. The van der Waals surface area contributed by atoms with Gasteiger partial charge in [0.2, 0.25) is 5.91 Å². The minimum absolute atomic E-state index is 0.0686. The predicted molar refractivity (Wildman–Crippen MR) is 111 cm³/mol. The van der Waals surface area contributed by atoms with Gasteiger partial charge in [-0.25, -0.2) is 0 Å². The smallest absolute Gasteiger partial charge is 0.258 e. The highest BCUT2D eigenvalue weighted by molar-refractivity contribution is 6.05. The number of amides is 2. The lowest BCUT2D eigenvalue weighted by molar-refractivity contribution is -0.129. The number of carbonyl (C=O) groups is 2. The summed E-state index contributed by atoms with van der Waals surface area (Å²) in [6.07, 6.45) is 1.91. The van der Waals surface area contributed by atoms with E-state index in [1.165, 1.54) is 0 Å². The van der Waals surface area contributed by atoms with Gasteiger partial charge in [0, 0.05) is 37.1 Å². The summed E-state index contributed by atoms with van der Waals surface area (Å²) in [5, 5.41) is 3.15. The van der Waals surface area contributed by atoms with Crippen molar-refractivity contribution in [2.24, 2.45) is 0 Å². The molecule has 0 heterocycles. The van der Waals surface area contributed by atoms with Gasteiger partial charge in [-0.2, -0.15) is 0 Å². The van der Waals surface area contributed by atoms with Gasteiger partial charge >= 0.3 is 0 Å². The third kappa shape index (κ3) is 5.84. The highest BCUT2D eigenvalue weighted by Crippen LogP contribution is 2.16. The molecular weight excluding hydrogens is 338 g/mol. The van der Waals surface area contributed by atoms with Crippen LogP contribution in [0.4, 0.5) is 11.4 Å². The van der Waals surface area contributed by atoms with E-state index >= 15 is 0 Å². The Hall–Kier alpha value is -2.82. The van der Waals surface area contributed by atoms with Gasteiger partial charge in [0.1, 0.15) is 0 Å². The Bertz CT molecular complexity index is 723. The average Bonchev–Trinajstić information content (AvgIpc) is 2.71. The van der Waals surface area contributed by atoms with Crippen LogP contribution in [0.5, 0.6) is 0 Å². The lowest BCUT2D eigenvalue weighted by atomic mass is 10.1. The van der Waals surface area contributed by atoms with Crippen molar-refractivity contribution in [1.29, 1.82) is 0 Å². The highest BCUT2D eigenvalue weighted by Gasteiger charge is 2.14. The van der Waals surface area contributed by atoms with Gasteiger partial charge in [0.05, 0.1) is 6.54 Å². The van der Waals surface area contributed by atoms with Crippen LogP contribution in [0, 0.1) is 0 Å².